The van der Waals surface area contributed by atoms with Gasteiger partial charge in [-0.05, 0) is 63.1 Å². The summed E-state index contributed by atoms with van der Waals surface area (Å²) in [5.74, 6) is -1.91. The van der Waals surface area contributed by atoms with E-state index in [1.165, 1.54) is 19.1 Å². The first-order valence-electron chi connectivity index (χ1n) is 11.7. The lowest BCUT2D eigenvalue weighted by atomic mass is 9.62. The van der Waals surface area contributed by atoms with E-state index in [4.69, 9.17) is 14.2 Å². The van der Waals surface area contributed by atoms with Gasteiger partial charge in [0, 0.05) is 12.5 Å². The van der Waals surface area contributed by atoms with Crippen LogP contribution in [-0.2, 0) is 23.9 Å². The molecule has 0 saturated carbocycles. The maximum Gasteiger partial charge on any atom is 0.326 e. The van der Waals surface area contributed by atoms with Crippen molar-refractivity contribution >= 4 is 23.6 Å². The summed E-state index contributed by atoms with van der Waals surface area (Å²) in [5, 5.41) is 2.64. The Kier molecular flexibility index (Phi) is 9.57. The highest BCUT2D eigenvalue weighted by Crippen LogP contribution is 2.43. The number of carbonyl (C=O) groups excluding carboxylic acids is 4. The van der Waals surface area contributed by atoms with Crippen molar-refractivity contribution in [1.82, 2.24) is 5.32 Å². The summed E-state index contributed by atoms with van der Waals surface area (Å²) < 4.78 is 16.3. The van der Waals surface area contributed by atoms with Gasteiger partial charge in [-0.25, -0.2) is 0 Å². The van der Waals surface area contributed by atoms with Crippen LogP contribution in [0.3, 0.4) is 0 Å². The van der Waals surface area contributed by atoms with E-state index < -0.39 is 34.6 Å². The molecule has 0 aliphatic rings. The number of amides is 1. The molecule has 0 aliphatic carbocycles. The lowest BCUT2D eigenvalue weighted by Gasteiger charge is -2.45. The first kappa shape index (κ1) is 27.6. The summed E-state index contributed by atoms with van der Waals surface area (Å²) in [4.78, 5) is 53.1. The number of hydrogen-bond donors (Lipinski definition) is 1. The molecule has 188 valence electrons. The van der Waals surface area contributed by atoms with Crippen molar-refractivity contribution in [2.75, 3.05) is 13.2 Å². The number of benzene rings is 2. The molecule has 1 N–H and O–H groups in total. The Balaban J connectivity index is 2.62. The summed E-state index contributed by atoms with van der Waals surface area (Å²) in [7, 11) is 0. The lowest BCUT2D eigenvalue weighted by Crippen LogP contribution is -2.70. The number of nitrogens with one attached hydrogen (secondary N) is 1. The third-order valence-corrected chi connectivity index (χ3v) is 5.91. The molecule has 0 radical (unpaired) electrons. The molecule has 0 aliphatic heterocycles. The molecular formula is C27H33NO7. The van der Waals surface area contributed by atoms with Crippen molar-refractivity contribution in [3.05, 3.63) is 60.2 Å². The maximum atomic E-state index is 14.1. The number of esters is 2. The van der Waals surface area contributed by atoms with Crippen molar-refractivity contribution < 1.29 is 33.4 Å². The molecule has 8 heteroatoms. The van der Waals surface area contributed by atoms with Crippen LogP contribution in [-0.4, -0.2) is 42.4 Å². The van der Waals surface area contributed by atoms with Gasteiger partial charge in [0.25, 0.3) is 0 Å². The van der Waals surface area contributed by atoms with Gasteiger partial charge in [-0.1, -0.05) is 32.0 Å². The molecule has 2 aromatic rings. The second kappa shape index (κ2) is 12.1. The predicted octanol–water partition coefficient (Wildman–Crippen LogP) is 4.47. The first-order valence-corrected chi connectivity index (χ1v) is 11.7. The molecule has 2 aromatic carbocycles. The molecule has 0 bridgehead atoms. The van der Waals surface area contributed by atoms with Crippen LogP contribution in [0.15, 0.2) is 54.6 Å². The fraction of sp³-hybridized carbons (Fsp3) is 0.407. The van der Waals surface area contributed by atoms with Gasteiger partial charge in [-0.15, -0.1) is 0 Å². The van der Waals surface area contributed by atoms with Gasteiger partial charge in [0.2, 0.25) is 5.91 Å². The van der Waals surface area contributed by atoms with Crippen LogP contribution in [0, 0.1) is 5.41 Å². The van der Waals surface area contributed by atoms with Gasteiger partial charge in [0.15, 0.2) is 11.2 Å². The van der Waals surface area contributed by atoms with Crippen molar-refractivity contribution in [2.45, 2.75) is 53.0 Å². The third kappa shape index (κ3) is 5.53. The molecular weight excluding hydrogens is 450 g/mol. The largest absolute Gasteiger partial charge is 0.465 e. The molecule has 0 fully saturated rings. The molecule has 1 amide bonds. The van der Waals surface area contributed by atoms with E-state index >= 15 is 0 Å². The number of ketones is 1. The Hall–Kier alpha value is -3.68. The van der Waals surface area contributed by atoms with Gasteiger partial charge < -0.3 is 19.5 Å². The summed E-state index contributed by atoms with van der Waals surface area (Å²) in [6.07, 6.45) is -0.182. The van der Waals surface area contributed by atoms with Crippen LogP contribution >= 0.6 is 0 Å². The van der Waals surface area contributed by atoms with E-state index in [9.17, 15) is 19.2 Å². The van der Waals surface area contributed by atoms with E-state index in [2.05, 4.69) is 5.32 Å². The van der Waals surface area contributed by atoms with Gasteiger partial charge >= 0.3 is 11.9 Å². The highest BCUT2D eigenvalue weighted by molar-refractivity contribution is 6.15. The molecule has 8 nitrogen and oxygen atoms in total. The minimum atomic E-state index is -2.09. The predicted molar refractivity (Wildman–Crippen MR) is 130 cm³/mol. The lowest BCUT2D eigenvalue weighted by molar-refractivity contribution is -0.178. The Morgan fingerprint density at radius 3 is 1.69 bits per heavy atom. The van der Waals surface area contributed by atoms with E-state index in [-0.39, 0.29) is 31.6 Å². The van der Waals surface area contributed by atoms with Crippen LogP contribution < -0.4 is 10.1 Å². The molecule has 0 saturated heterocycles. The average molecular weight is 484 g/mol. The number of Topliss-reactive ketones (excluding diaryl/α,β-unsaturated/α-hetero) is 1. The van der Waals surface area contributed by atoms with E-state index in [0.29, 0.717) is 11.5 Å². The highest BCUT2D eigenvalue weighted by Gasteiger charge is 2.66. The number of rotatable bonds is 12. The third-order valence-electron chi connectivity index (χ3n) is 5.91. The Bertz CT molecular complexity index is 1020. The molecule has 35 heavy (non-hydrogen) atoms. The summed E-state index contributed by atoms with van der Waals surface area (Å²) in [6, 6.07) is 15.4. The second-order valence-corrected chi connectivity index (χ2v) is 7.91. The summed E-state index contributed by atoms with van der Waals surface area (Å²) >= 11 is 0. The van der Waals surface area contributed by atoms with Crippen LogP contribution in [0.2, 0.25) is 0 Å². The standard InChI is InChI=1S/C27H33NO7/c1-6-26(24(31)33-8-3,25(32)34-9-4)27(7-2,28-19(5)29)23(30)20-15-17-22(18-16-20)35-21-13-11-10-12-14-21/h10-18H,6-9H2,1-5H3,(H,28,29). The molecule has 0 heterocycles. The minimum Gasteiger partial charge on any atom is -0.465 e. The second-order valence-electron chi connectivity index (χ2n) is 7.91. The molecule has 1 atom stereocenters. The zero-order valence-electron chi connectivity index (χ0n) is 20.9. The Labute approximate surface area is 205 Å². The van der Waals surface area contributed by atoms with E-state index in [0.717, 1.165) is 0 Å². The van der Waals surface area contributed by atoms with Crippen LogP contribution in [0.4, 0.5) is 0 Å². The summed E-state index contributed by atoms with van der Waals surface area (Å²) in [5.41, 5.74) is -3.84. The fourth-order valence-electron chi connectivity index (χ4n) is 4.28. The Morgan fingerprint density at radius 1 is 0.743 bits per heavy atom. The minimum absolute atomic E-state index is 0.0143. The van der Waals surface area contributed by atoms with Crippen molar-refractivity contribution in [3.63, 3.8) is 0 Å². The maximum absolute atomic E-state index is 14.1. The monoisotopic (exact) mass is 483 g/mol. The van der Waals surface area contributed by atoms with Crippen LogP contribution in [0.25, 0.3) is 0 Å². The molecule has 1 unspecified atom stereocenters. The van der Waals surface area contributed by atoms with Crippen molar-refractivity contribution in [3.8, 4) is 11.5 Å². The number of para-hydroxylation sites is 1. The smallest absolute Gasteiger partial charge is 0.326 e. The van der Waals surface area contributed by atoms with Gasteiger partial charge in [0.05, 0.1) is 13.2 Å². The van der Waals surface area contributed by atoms with Gasteiger partial charge in [-0.3, -0.25) is 19.2 Å². The van der Waals surface area contributed by atoms with Crippen LogP contribution in [0.1, 0.15) is 57.8 Å². The normalized spacial score (nSPS) is 12.7. The number of ether oxygens (including phenoxy) is 3. The topological polar surface area (TPSA) is 108 Å². The van der Waals surface area contributed by atoms with Gasteiger partial charge in [-0.2, -0.15) is 0 Å². The van der Waals surface area contributed by atoms with E-state index in [1.807, 2.05) is 18.2 Å². The summed E-state index contributed by atoms with van der Waals surface area (Å²) in [6.45, 7) is 7.61. The quantitative estimate of drug-likeness (QED) is 0.270. The average Bonchev–Trinajstić information content (AvgIpc) is 2.84. The zero-order valence-corrected chi connectivity index (χ0v) is 20.9. The zero-order chi connectivity index (χ0) is 26.1. The fourth-order valence-corrected chi connectivity index (χ4v) is 4.28. The molecule has 0 aromatic heterocycles. The van der Waals surface area contributed by atoms with E-state index in [1.54, 1.807) is 52.0 Å². The Morgan fingerprint density at radius 2 is 1.26 bits per heavy atom. The highest BCUT2D eigenvalue weighted by atomic mass is 16.6. The SMILES string of the molecule is CCOC(=O)C(CC)(C(=O)OCC)C(CC)(NC(C)=O)C(=O)c1ccc(Oc2ccccc2)cc1. The van der Waals surface area contributed by atoms with Crippen molar-refractivity contribution in [1.29, 1.82) is 0 Å². The van der Waals surface area contributed by atoms with Gasteiger partial charge in [0.1, 0.15) is 17.0 Å². The van der Waals surface area contributed by atoms with Crippen molar-refractivity contribution in [2.24, 2.45) is 5.41 Å². The number of hydrogen-bond acceptors (Lipinski definition) is 7. The number of carbonyl (C=O) groups is 4. The molecule has 0 spiro atoms. The van der Waals surface area contributed by atoms with Crippen LogP contribution in [0.5, 0.6) is 11.5 Å². The first-order chi connectivity index (χ1) is 16.7. The molecule has 2 rings (SSSR count).